The highest BCUT2D eigenvalue weighted by atomic mass is 16.5. The molecule has 2 aromatic carbocycles. The Morgan fingerprint density at radius 1 is 1.07 bits per heavy atom. The highest BCUT2D eigenvalue weighted by Crippen LogP contribution is 2.25. The summed E-state index contributed by atoms with van der Waals surface area (Å²) in [6.45, 7) is 9.32. The van der Waals surface area contributed by atoms with Crippen molar-refractivity contribution < 1.29 is 14.3 Å². The largest absolute Gasteiger partial charge is 0.496 e. The molecule has 1 atom stereocenters. The number of rotatable bonds is 10. The molecule has 0 heterocycles. The summed E-state index contributed by atoms with van der Waals surface area (Å²) in [5.41, 5.74) is 1.98. The zero-order valence-corrected chi connectivity index (χ0v) is 17.7. The highest BCUT2D eigenvalue weighted by molar-refractivity contribution is 5.99. The van der Waals surface area contributed by atoms with Crippen LogP contribution >= 0.6 is 0 Å². The minimum Gasteiger partial charge on any atom is -0.496 e. The van der Waals surface area contributed by atoms with Crippen LogP contribution in [-0.2, 0) is 4.79 Å². The monoisotopic (exact) mass is 397 g/mol. The summed E-state index contributed by atoms with van der Waals surface area (Å²) in [5.74, 6) is -0.167. The van der Waals surface area contributed by atoms with Crippen LogP contribution in [0.3, 0.4) is 0 Å². The Balaban J connectivity index is 2.02. The van der Waals surface area contributed by atoms with Crippen molar-refractivity contribution in [1.29, 1.82) is 0 Å². The van der Waals surface area contributed by atoms with Crippen LogP contribution in [0.2, 0.25) is 0 Å². The van der Waals surface area contributed by atoms with Crippen LogP contribution < -0.4 is 15.4 Å². The van der Waals surface area contributed by atoms with Crippen LogP contribution in [0.4, 0.5) is 5.69 Å². The minimum absolute atomic E-state index is 0.116. The molecular weight excluding hydrogens is 366 g/mol. The van der Waals surface area contributed by atoms with E-state index in [0.29, 0.717) is 23.5 Å². The highest BCUT2D eigenvalue weighted by Gasteiger charge is 2.17. The number of nitrogens with zero attached hydrogens (tertiary/aromatic N) is 1. The quantitative estimate of drug-likeness (QED) is 0.644. The molecule has 2 amide bonds. The van der Waals surface area contributed by atoms with Crippen molar-refractivity contribution in [1.82, 2.24) is 10.2 Å². The van der Waals surface area contributed by atoms with Crippen molar-refractivity contribution in [3.05, 3.63) is 59.7 Å². The van der Waals surface area contributed by atoms with Crippen LogP contribution in [0.15, 0.2) is 48.5 Å². The minimum atomic E-state index is -0.287. The average Bonchev–Trinajstić information content (AvgIpc) is 2.76. The number of anilines is 1. The third-order valence-electron chi connectivity index (χ3n) is 5.01. The van der Waals surface area contributed by atoms with Crippen molar-refractivity contribution in [3.63, 3.8) is 0 Å². The van der Waals surface area contributed by atoms with Gasteiger partial charge in [0.1, 0.15) is 5.75 Å². The molecule has 0 saturated heterocycles. The third-order valence-corrected chi connectivity index (χ3v) is 5.01. The van der Waals surface area contributed by atoms with Gasteiger partial charge >= 0.3 is 0 Å². The van der Waals surface area contributed by atoms with Crippen LogP contribution in [0, 0.1) is 0 Å². The van der Waals surface area contributed by atoms with E-state index in [1.54, 1.807) is 18.2 Å². The molecule has 0 spiro atoms. The number of ether oxygens (including phenoxy) is 1. The van der Waals surface area contributed by atoms with E-state index in [1.165, 1.54) is 7.11 Å². The van der Waals surface area contributed by atoms with Crippen molar-refractivity contribution in [3.8, 4) is 5.75 Å². The summed E-state index contributed by atoms with van der Waals surface area (Å²) in [5, 5.41) is 5.82. The van der Waals surface area contributed by atoms with Gasteiger partial charge in [-0.15, -0.1) is 0 Å². The van der Waals surface area contributed by atoms with Gasteiger partial charge in [0.25, 0.3) is 5.91 Å². The zero-order chi connectivity index (χ0) is 21.2. The van der Waals surface area contributed by atoms with E-state index >= 15 is 0 Å². The fraction of sp³-hybridized carbons (Fsp3) is 0.391. The molecule has 0 radical (unpaired) electrons. The fourth-order valence-electron chi connectivity index (χ4n) is 3.06. The van der Waals surface area contributed by atoms with Gasteiger partial charge in [-0.25, -0.2) is 0 Å². The molecule has 1 unspecified atom stereocenters. The maximum atomic E-state index is 12.6. The SMILES string of the molecule is CCN(CC)CCNC(=O)c1ccc(NC(=O)C(C)c2ccccc2)cc1OC. The summed E-state index contributed by atoms with van der Waals surface area (Å²) >= 11 is 0. The molecule has 156 valence electrons. The number of benzene rings is 2. The number of methoxy groups -OCH3 is 1. The molecule has 0 aliphatic carbocycles. The predicted octanol–water partition coefficient (Wildman–Crippen LogP) is 3.51. The zero-order valence-electron chi connectivity index (χ0n) is 17.7. The van der Waals surface area contributed by atoms with Gasteiger partial charge in [-0.1, -0.05) is 44.2 Å². The van der Waals surface area contributed by atoms with Gasteiger partial charge in [-0.05, 0) is 37.7 Å². The van der Waals surface area contributed by atoms with Crippen LogP contribution in [0.1, 0.15) is 42.6 Å². The molecule has 0 aromatic heterocycles. The Morgan fingerprint density at radius 2 is 1.76 bits per heavy atom. The first-order valence-electron chi connectivity index (χ1n) is 10.0. The van der Waals surface area contributed by atoms with E-state index in [2.05, 4.69) is 29.4 Å². The molecule has 2 rings (SSSR count). The normalized spacial score (nSPS) is 11.8. The average molecular weight is 398 g/mol. The lowest BCUT2D eigenvalue weighted by atomic mass is 10.0. The molecule has 0 aliphatic rings. The molecular formula is C23H31N3O3. The van der Waals surface area contributed by atoms with Gasteiger partial charge in [-0.2, -0.15) is 0 Å². The second-order valence-electron chi connectivity index (χ2n) is 6.82. The first-order valence-corrected chi connectivity index (χ1v) is 10.0. The molecule has 2 aromatic rings. The number of hydrogen-bond acceptors (Lipinski definition) is 4. The van der Waals surface area contributed by atoms with Crippen molar-refractivity contribution in [2.75, 3.05) is 38.6 Å². The number of likely N-dealkylation sites (N-methyl/N-ethyl adjacent to an activating group) is 1. The second-order valence-corrected chi connectivity index (χ2v) is 6.82. The Morgan fingerprint density at radius 3 is 2.38 bits per heavy atom. The number of carbonyl (C=O) groups excluding carboxylic acids is 2. The van der Waals surface area contributed by atoms with Gasteiger partial charge in [0.15, 0.2) is 0 Å². The standard InChI is InChI=1S/C23H31N3O3/c1-5-26(6-2)15-14-24-23(28)20-13-12-19(16-21(20)29-4)25-22(27)17(3)18-10-8-7-9-11-18/h7-13,16-17H,5-6,14-15H2,1-4H3,(H,24,28)(H,25,27). The van der Waals surface area contributed by atoms with E-state index in [4.69, 9.17) is 4.74 Å². The van der Waals surface area contributed by atoms with Gasteiger partial charge in [0.2, 0.25) is 5.91 Å². The maximum absolute atomic E-state index is 12.6. The van der Waals surface area contributed by atoms with Crippen molar-refractivity contribution in [2.24, 2.45) is 0 Å². The number of carbonyl (C=O) groups is 2. The lowest BCUT2D eigenvalue weighted by Crippen LogP contribution is -2.34. The first kappa shape index (κ1) is 22.4. The molecule has 0 fully saturated rings. The van der Waals surface area contributed by atoms with Crippen LogP contribution in [-0.4, -0.2) is 50.0 Å². The second kappa shape index (κ2) is 11.2. The molecule has 2 N–H and O–H groups in total. The van der Waals surface area contributed by atoms with Crippen molar-refractivity contribution in [2.45, 2.75) is 26.7 Å². The van der Waals surface area contributed by atoms with Gasteiger partial charge < -0.3 is 20.3 Å². The number of hydrogen-bond donors (Lipinski definition) is 2. The van der Waals surface area contributed by atoms with E-state index in [9.17, 15) is 9.59 Å². The molecule has 0 saturated carbocycles. The van der Waals surface area contributed by atoms with E-state index in [0.717, 1.165) is 25.2 Å². The van der Waals surface area contributed by atoms with Gasteiger partial charge in [-0.3, -0.25) is 9.59 Å². The summed E-state index contributed by atoms with van der Waals surface area (Å²) < 4.78 is 5.38. The molecule has 6 heteroatoms. The molecule has 0 bridgehead atoms. The number of nitrogens with one attached hydrogen (secondary N) is 2. The van der Waals surface area contributed by atoms with E-state index < -0.39 is 0 Å². The maximum Gasteiger partial charge on any atom is 0.255 e. The molecule has 6 nitrogen and oxygen atoms in total. The Hall–Kier alpha value is -2.86. The van der Waals surface area contributed by atoms with E-state index in [-0.39, 0.29) is 17.7 Å². The van der Waals surface area contributed by atoms with Crippen molar-refractivity contribution >= 4 is 17.5 Å². The van der Waals surface area contributed by atoms with Crippen LogP contribution in [0.25, 0.3) is 0 Å². The summed E-state index contributed by atoms with van der Waals surface area (Å²) in [4.78, 5) is 27.3. The van der Waals surface area contributed by atoms with Crippen LogP contribution in [0.5, 0.6) is 5.75 Å². The smallest absolute Gasteiger partial charge is 0.255 e. The number of amides is 2. The summed E-state index contributed by atoms with van der Waals surface area (Å²) in [7, 11) is 1.51. The van der Waals surface area contributed by atoms with Gasteiger partial charge in [0, 0.05) is 24.8 Å². The third kappa shape index (κ3) is 6.32. The molecule has 0 aliphatic heterocycles. The topological polar surface area (TPSA) is 70.7 Å². The first-order chi connectivity index (χ1) is 14.0. The van der Waals surface area contributed by atoms with Gasteiger partial charge in [0.05, 0.1) is 18.6 Å². The lowest BCUT2D eigenvalue weighted by Gasteiger charge is -2.18. The van der Waals surface area contributed by atoms with E-state index in [1.807, 2.05) is 37.3 Å². The Labute approximate surface area is 173 Å². The Kier molecular flexibility index (Phi) is 8.68. The molecule has 29 heavy (non-hydrogen) atoms. The Bertz CT molecular complexity index is 804. The fourth-order valence-corrected chi connectivity index (χ4v) is 3.06. The predicted molar refractivity (Wildman–Crippen MR) is 117 cm³/mol. The lowest BCUT2D eigenvalue weighted by molar-refractivity contribution is -0.117. The summed E-state index contributed by atoms with van der Waals surface area (Å²) in [6, 6.07) is 14.7. The summed E-state index contributed by atoms with van der Waals surface area (Å²) in [6.07, 6.45) is 0.